The zero-order chi connectivity index (χ0) is 19.6. The van der Waals surface area contributed by atoms with Crippen LogP contribution >= 0.6 is 0 Å². The number of rotatable bonds is 7. The summed E-state index contributed by atoms with van der Waals surface area (Å²) >= 11 is 0. The highest BCUT2D eigenvalue weighted by molar-refractivity contribution is 5.97. The fraction of sp³-hybridized carbons (Fsp3) is 0.227. The van der Waals surface area contributed by atoms with E-state index in [2.05, 4.69) is 15.8 Å². The minimum Gasteiger partial charge on any atom is -0.326 e. The molecule has 0 fully saturated rings. The monoisotopic (exact) mass is 363 g/mol. The van der Waals surface area contributed by atoms with E-state index in [4.69, 9.17) is 0 Å². The lowest BCUT2D eigenvalue weighted by molar-refractivity contribution is -0.124. The van der Waals surface area contributed by atoms with E-state index in [1.807, 2.05) is 74.5 Å². The summed E-state index contributed by atoms with van der Waals surface area (Å²) in [5.41, 5.74) is 7.22. The average molecular weight is 363 g/mol. The smallest absolute Gasteiger partial charge is 0.240 e. The van der Waals surface area contributed by atoms with Gasteiger partial charge in [0, 0.05) is 18.5 Å². The fourth-order valence-electron chi connectivity index (χ4n) is 2.29. The van der Waals surface area contributed by atoms with Gasteiger partial charge in [-0.1, -0.05) is 42.5 Å². The molecule has 0 aliphatic rings. The molecule has 0 saturated heterocycles. The number of amides is 2. The van der Waals surface area contributed by atoms with E-state index >= 15 is 0 Å². The molecule has 0 aliphatic heterocycles. The Morgan fingerprint density at radius 2 is 1.67 bits per heavy atom. The predicted molar refractivity (Wildman–Crippen MR) is 111 cm³/mol. The first-order valence-corrected chi connectivity index (χ1v) is 8.87. The van der Waals surface area contributed by atoms with Gasteiger partial charge in [0.1, 0.15) is 0 Å². The first kappa shape index (κ1) is 20.1. The Labute approximate surface area is 160 Å². The molecular formula is C22H25N3O2. The third-order valence-electron chi connectivity index (χ3n) is 4.04. The van der Waals surface area contributed by atoms with Crippen molar-refractivity contribution in [2.75, 3.05) is 5.32 Å². The summed E-state index contributed by atoms with van der Waals surface area (Å²) in [6, 6.07) is 15.6. The van der Waals surface area contributed by atoms with Gasteiger partial charge < -0.3 is 5.32 Å². The molecule has 0 spiro atoms. The number of hydrogen-bond donors (Lipinski definition) is 2. The van der Waals surface area contributed by atoms with Gasteiger partial charge in [0.15, 0.2) is 0 Å². The van der Waals surface area contributed by atoms with Crippen molar-refractivity contribution in [3.63, 3.8) is 0 Å². The fourth-order valence-corrected chi connectivity index (χ4v) is 2.29. The summed E-state index contributed by atoms with van der Waals surface area (Å²) in [6.45, 7) is 5.81. The van der Waals surface area contributed by atoms with E-state index < -0.39 is 0 Å². The van der Waals surface area contributed by atoms with Crippen molar-refractivity contribution >= 4 is 29.3 Å². The molecule has 27 heavy (non-hydrogen) atoms. The Balaban J connectivity index is 1.75. The third kappa shape index (κ3) is 7.28. The van der Waals surface area contributed by atoms with Crippen LogP contribution in [0.4, 0.5) is 5.69 Å². The molecule has 2 aromatic rings. The van der Waals surface area contributed by atoms with Crippen LogP contribution in [-0.4, -0.2) is 17.5 Å². The molecule has 0 aliphatic carbocycles. The number of hydrogen-bond acceptors (Lipinski definition) is 3. The minimum atomic E-state index is -0.294. The van der Waals surface area contributed by atoms with Gasteiger partial charge in [0.05, 0.1) is 5.71 Å². The first-order chi connectivity index (χ1) is 12.9. The summed E-state index contributed by atoms with van der Waals surface area (Å²) in [7, 11) is 0. The molecule has 0 radical (unpaired) electrons. The van der Waals surface area contributed by atoms with Crippen molar-refractivity contribution in [1.29, 1.82) is 0 Å². The molecular weight excluding hydrogens is 338 g/mol. The maximum atomic E-state index is 12.0. The molecule has 140 valence electrons. The van der Waals surface area contributed by atoms with Gasteiger partial charge in [0.2, 0.25) is 11.8 Å². The van der Waals surface area contributed by atoms with Gasteiger partial charge in [-0.25, -0.2) is 5.43 Å². The summed E-state index contributed by atoms with van der Waals surface area (Å²) in [6.07, 6.45) is 3.92. The Morgan fingerprint density at radius 1 is 0.963 bits per heavy atom. The summed E-state index contributed by atoms with van der Waals surface area (Å²) in [5, 5.41) is 6.82. The van der Waals surface area contributed by atoms with Gasteiger partial charge in [0.25, 0.3) is 0 Å². The normalized spacial score (nSPS) is 11.4. The van der Waals surface area contributed by atoms with Crippen LogP contribution in [0.5, 0.6) is 0 Å². The lowest BCUT2D eigenvalue weighted by Crippen LogP contribution is -2.21. The van der Waals surface area contributed by atoms with Crippen LogP contribution in [0.1, 0.15) is 36.5 Å². The number of hydrazone groups is 1. The zero-order valence-corrected chi connectivity index (χ0v) is 16.0. The third-order valence-corrected chi connectivity index (χ3v) is 4.04. The molecule has 2 amide bonds. The van der Waals surface area contributed by atoms with Crippen molar-refractivity contribution in [2.45, 2.75) is 33.6 Å². The standard InChI is InChI=1S/C22H25N3O2/c1-16-9-12-20(15-17(16)2)23-21(26)13-14-22(27)25-24-18(3)10-11-19-7-5-4-6-8-19/h4-12,15H,13-14H2,1-3H3,(H,23,26)(H,25,27). The second-order valence-corrected chi connectivity index (χ2v) is 6.38. The molecule has 0 heterocycles. The molecule has 0 aromatic heterocycles. The van der Waals surface area contributed by atoms with Crippen LogP contribution < -0.4 is 10.7 Å². The van der Waals surface area contributed by atoms with E-state index in [9.17, 15) is 9.59 Å². The van der Waals surface area contributed by atoms with E-state index in [1.165, 1.54) is 5.56 Å². The highest BCUT2D eigenvalue weighted by Crippen LogP contribution is 2.14. The molecule has 5 heteroatoms. The van der Waals surface area contributed by atoms with E-state index in [1.54, 1.807) is 6.92 Å². The number of carbonyl (C=O) groups is 2. The molecule has 2 rings (SSSR count). The molecule has 0 atom stereocenters. The van der Waals surface area contributed by atoms with Gasteiger partial charge in [-0.05, 0) is 55.7 Å². The lowest BCUT2D eigenvalue weighted by atomic mass is 10.1. The zero-order valence-electron chi connectivity index (χ0n) is 16.0. The van der Waals surface area contributed by atoms with Crippen LogP contribution in [-0.2, 0) is 9.59 Å². The second kappa shape index (κ2) is 10.1. The second-order valence-electron chi connectivity index (χ2n) is 6.38. The highest BCUT2D eigenvalue weighted by Gasteiger charge is 2.07. The summed E-state index contributed by atoms with van der Waals surface area (Å²) in [5.74, 6) is -0.490. The number of nitrogens with zero attached hydrogens (tertiary/aromatic N) is 1. The molecule has 0 bridgehead atoms. The lowest BCUT2D eigenvalue weighted by Gasteiger charge is -2.07. The minimum absolute atomic E-state index is 0.0792. The van der Waals surface area contributed by atoms with Gasteiger partial charge in [-0.2, -0.15) is 5.10 Å². The first-order valence-electron chi connectivity index (χ1n) is 8.87. The van der Waals surface area contributed by atoms with Gasteiger partial charge in [-0.15, -0.1) is 0 Å². The molecule has 0 unspecified atom stereocenters. The molecule has 2 aromatic carbocycles. The van der Waals surface area contributed by atoms with E-state index in [-0.39, 0.29) is 24.7 Å². The highest BCUT2D eigenvalue weighted by atomic mass is 16.2. The Bertz CT molecular complexity index is 855. The van der Waals surface area contributed by atoms with Crippen molar-refractivity contribution in [3.8, 4) is 0 Å². The Kier molecular flexibility index (Phi) is 7.49. The molecule has 0 saturated carbocycles. The topological polar surface area (TPSA) is 70.6 Å². The van der Waals surface area contributed by atoms with Crippen molar-refractivity contribution in [2.24, 2.45) is 5.10 Å². The van der Waals surface area contributed by atoms with Crippen LogP contribution in [0.3, 0.4) is 0 Å². The molecule has 2 N–H and O–H groups in total. The summed E-state index contributed by atoms with van der Waals surface area (Å²) < 4.78 is 0. The van der Waals surface area contributed by atoms with Crippen molar-refractivity contribution in [3.05, 3.63) is 71.3 Å². The number of allylic oxidation sites excluding steroid dienone is 1. The number of carbonyl (C=O) groups excluding carboxylic acids is 2. The quantitative estimate of drug-likeness (QED) is 0.571. The number of aryl methyl sites for hydroxylation is 2. The number of benzene rings is 2. The Morgan fingerprint density at radius 3 is 2.37 bits per heavy atom. The van der Waals surface area contributed by atoms with E-state index in [0.29, 0.717) is 5.71 Å². The van der Waals surface area contributed by atoms with Crippen molar-refractivity contribution < 1.29 is 9.59 Å². The number of anilines is 1. The maximum Gasteiger partial charge on any atom is 0.240 e. The van der Waals surface area contributed by atoms with Crippen molar-refractivity contribution in [1.82, 2.24) is 5.43 Å². The van der Waals surface area contributed by atoms with Crippen LogP contribution in [0.2, 0.25) is 0 Å². The predicted octanol–water partition coefficient (Wildman–Crippen LogP) is 4.23. The molecule has 5 nitrogen and oxygen atoms in total. The SMILES string of the molecule is CC(C=Cc1ccccc1)=NNC(=O)CCC(=O)Nc1ccc(C)c(C)c1. The van der Waals surface area contributed by atoms with Crippen LogP contribution in [0.15, 0.2) is 59.7 Å². The Hall–Kier alpha value is -3.21. The summed E-state index contributed by atoms with van der Waals surface area (Å²) in [4.78, 5) is 23.8. The maximum absolute atomic E-state index is 12.0. The van der Waals surface area contributed by atoms with Gasteiger partial charge >= 0.3 is 0 Å². The number of nitrogens with one attached hydrogen (secondary N) is 2. The average Bonchev–Trinajstić information content (AvgIpc) is 2.67. The van der Waals surface area contributed by atoms with Gasteiger partial charge in [-0.3, -0.25) is 9.59 Å². The van der Waals surface area contributed by atoms with E-state index in [0.717, 1.165) is 16.8 Å². The van der Waals surface area contributed by atoms with Crippen LogP contribution in [0, 0.1) is 13.8 Å². The van der Waals surface area contributed by atoms with Crippen LogP contribution in [0.25, 0.3) is 6.08 Å². The largest absolute Gasteiger partial charge is 0.326 e.